The van der Waals surface area contributed by atoms with Crippen LogP contribution in [0.25, 0.3) is 11.6 Å². The highest BCUT2D eigenvalue weighted by atomic mass is 35.5. The van der Waals surface area contributed by atoms with Crippen molar-refractivity contribution >= 4 is 63.2 Å². The highest BCUT2D eigenvalue weighted by Gasteiger charge is 2.32. The number of aromatic nitrogens is 1. The molecule has 1 saturated heterocycles. The zero-order chi connectivity index (χ0) is 28.8. The maximum absolute atomic E-state index is 13.3. The molecule has 1 aromatic heterocycles. The maximum atomic E-state index is 13.3. The van der Waals surface area contributed by atoms with Crippen molar-refractivity contribution in [1.82, 2.24) is 14.8 Å². The number of anilines is 1. The number of benzene rings is 2. The smallest absolute Gasteiger partial charge is 0.256 e. The lowest BCUT2D eigenvalue weighted by atomic mass is 10.0. The van der Waals surface area contributed by atoms with Gasteiger partial charge < -0.3 is 20.7 Å². The lowest BCUT2D eigenvalue weighted by Crippen LogP contribution is -2.49. The molecule has 1 unspecified atom stereocenters. The van der Waals surface area contributed by atoms with Gasteiger partial charge in [-0.25, -0.2) is 0 Å². The van der Waals surface area contributed by atoms with E-state index in [4.69, 9.17) is 23.2 Å². The van der Waals surface area contributed by atoms with E-state index in [0.717, 1.165) is 54.7 Å². The van der Waals surface area contributed by atoms with Gasteiger partial charge in [0.05, 0.1) is 28.5 Å². The summed E-state index contributed by atoms with van der Waals surface area (Å²) in [5.74, 6) is 0.0779. The first-order valence-electron chi connectivity index (χ1n) is 13.9. The van der Waals surface area contributed by atoms with Crippen LogP contribution in [-0.2, 0) is 32.6 Å². The number of fused-ring (bicyclic) bond motifs is 1. The summed E-state index contributed by atoms with van der Waals surface area (Å²) in [6.07, 6.45) is 4.72. The molecule has 8 nitrogen and oxygen atoms in total. The first-order valence-corrected chi connectivity index (χ1v) is 16.0. The van der Waals surface area contributed by atoms with Crippen molar-refractivity contribution in [3.8, 4) is 0 Å². The Hall–Kier alpha value is -2.95. The summed E-state index contributed by atoms with van der Waals surface area (Å²) in [6, 6.07) is 11.2. The molecule has 4 N–H and O–H groups in total. The van der Waals surface area contributed by atoms with Crippen LogP contribution in [0.1, 0.15) is 46.5 Å². The van der Waals surface area contributed by atoms with Crippen LogP contribution in [0.4, 0.5) is 5.69 Å². The third-order valence-corrected chi connectivity index (χ3v) is 10.4. The molecule has 0 radical (unpaired) electrons. The summed E-state index contributed by atoms with van der Waals surface area (Å²) in [6.45, 7) is 7.40. The van der Waals surface area contributed by atoms with Crippen LogP contribution in [0.2, 0.25) is 10.0 Å². The Morgan fingerprint density at radius 2 is 1.74 bits per heavy atom. The van der Waals surface area contributed by atoms with E-state index in [1.54, 1.807) is 36.4 Å². The fourth-order valence-electron chi connectivity index (χ4n) is 5.74. The van der Waals surface area contributed by atoms with Crippen LogP contribution in [0.15, 0.2) is 41.3 Å². The highest BCUT2D eigenvalue weighted by Crippen LogP contribution is 2.36. The molecule has 3 aliphatic rings. The maximum Gasteiger partial charge on any atom is 0.256 e. The van der Waals surface area contributed by atoms with Crippen molar-refractivity contribution in [3.05, 3.63) is 80.1 Å². The fraction of sp³-hybridized carbons (Fsp3) is 0.355. The summed E-state index contributed by atoms with van der Waals surface area (Å²) in [7, 11) is -1.42. The third-order valence-electron chi connectivity index (χ3n) is 8.35. The number of hydrogen-bond donors (Lipinski definition) is 2. The number of piperazine rings is 1. The lowest BCUT2D eigenvalue weighted by molar-refractivity contribution is -0.132. The number of amides is 2. The Bertz CT molecular complexity index is 1590. The van der Waals surface area contributed by atoms with E-state index in [9.17, 15) is 13.8 Å². The molecule has 1 atom stereocenters. The predicted molar refractivity (Wildman–Crippen MR) is 168 cm³/mol. The molecule has 3 aromatic rings. The molecule has 0 spiro atoms. The van der Waals surface area contributed by atoms with E-state index < -0.39 is 10.8 Å². The molecule has 222 valence electrons. The molecular weight excluding hydrogens is 595 g/mol. The van der Waals surface area contributed by atoms with Gasteiger partial charge in [0.2, 0.25) is 5.91 Å². The van der Waals surface area contributed by atoms with Crippen molar-refractivity contribution in [3.63, 3.8) is 0 Å². The molecule has 6 rings (SSSR count). The van der Waals surface area contributed by atoms with Gasteiger partial charge >= 0.3 is 0 Å². The molecule has 2 aromatic carbocycles. The Labute approximate surface area is 257 Å². The largest absolute Gasteiger partial charge is 0.412 e. The molecule has 42 heavy (non-hydrogen) atoms. The second kappa shape index (κ2) is 12.3. The van der Waals surface area contributed by atoms with E-state index in [0.29, 0.717) is 43.7 Å². The molecule has 1 aliphatic carbocycles. The Morgan fingerprint density at radius 1 is 1.05 bits per heavy atom. The Balaban J connectivity index is 0.00000353. The standard InChI is InChI=1S/C31H32Cl2N4O3S.H2O/c1-18-22(16-30(38)37-12-10-36(11-13-37)20-6-7-20)19(2)34-29(18)15-24-23-14-21(8-9-28(23)35-31(24)39)41(40)17-25-26(32)4-3-5-27(25)33;/h3-5,8-9,14-15,20,34H,6-7,10-13,16-17H2,1-2H3,(H,35,39);1H2/b24-15-;. The summed E-state index contributed by atoms with van der Waals surface area (Å²) in [4.78, 5) is 34.6. The highest BCUT2D eigenvalue weighted by molar-refractivity contribution is 7.84. The van der Waals surface area contributed by atoms with E-state index in [2.05, 4.69) is 15.2 Å². The minimum Gasteiger partial charge on any atom is -0.412 e. The normalized spacial score (nSPS) is 18.5. The van der Waals surface area contributed by atoms with Gasteiger partial charge in [-0.05, 0) is 74.2 Å². The van der Waals surface area contributed by atoms with E-state index in [-0.39, 0.29) is 23.0 Å². The van der Waals surface area contributed by atoms with Gasteiger partial charge in [0.1, 0.15) is 0 Å². The number of halogens is 2. The summed E-state index contributed by atoms with van der Waals surface area (Å²) < 4.78 is 13.3. The number of carbonyl (C=O) groups is 2. The lowest BCUT2D eigenvalue weighted by Gasteiger charge is -2.35. The third kappa shape index (κ3) is 6.07. The van der Waals surface area contributed by atoms with Gasteiger partial charge in [-0.3, -0.25) is 18.7 Å². The van der Waals surface area contributed by atoms with Crippen molar-refractivity contribution in [1.29, 1.82) is 0 Å². The summed E-state index contributed by atoms with van der Waals surface area (Å²) in [5.41, 5.74) is 6.09. The number of hydrogen-bond acceptors (Lipinski definition) is 4. The molecule has 0 bridgehead atoms. The SMILES string of the molecule is Cc1[nH]c(/C=C2\C(=O)Nc3ccc(S(=O)Cc4c(Cl)cccc4Cl)cc32)c(C)c1CC(=O)N1CCN(C2CC2)CC1.O. The molecule has 11 heteroatoms. The monoisotopic (exact) mass is 628 g/mol. The van der Waals surface area contributed by atoms with Crippen molar-refractivity contribution < 1.29 is 19.3 Å². The van der Waals surface area contributed by atoms with Gasteiger partial charge in [0, 0.05) is 75.4 Å². The Morgan fingerprint density at radius 3 is 2.40 bits per heavy atom. The van der Waals surface area contributed by atoms with Crippen molar-refractivity contribution in [2.75, 3.05) is 31.5 Å². The topological polar surface area (TPSA) is 117 Å². The summed E-state index contributed by atoms with van der Waals surface area (Å²) >= 11 is 12.6. The van der Waals surface area contributed by atoms with Crippen LogP contribution in [0.5, 0.6) is 0 Å². The van der Waals surface area contributed by atoms with E-state index in [1.807, 2.05) is 24.8 Å². The quantitative estimate of drug-likeness (QED) is 0.367. The molecule has 2 fully saturated rings. The number of nitrogens with zero attached hydrogens (tertiary/aromatic N) is 2. The zero-order valence-corrected chi connectivity index (χ0v) is 25.9. The average Bonchev–Trinajstić information content (AvgIpc) is 3.72. The van der Waals surface area contributed by atoms with Crippen LogP contribution < -0.4 is 5.32 Å². The molecule has 1 saturated carbocycles. The number of rotatable bonds is 7. The number of nitrogens with one attached hydrogen (secondary N) is 2. The number of aromatic amines is 1. The minimum atomic E-state index is -1.42. The van der Waals surface area contributed by atoms with Crippen LogP contribution >= 0.6 is 23.2 Å². The van der Waals surface area contributed by atoms with Gasteiger partial charge in [0.25, 0.3) is 5.91 Å². The fourth-order valence-corrected chi connectivity index (χ4v) is 7.64. The van der Waals surface area contributed by atoms with E-state index in [1.165, 1.54) is 12.8 Å². The second-order valence-corrected chi connectivity index (χ2v) is 13.3. The van der Waals surface area contributed by atoms with Gasteiger partial charge in [0.15, 0.2) is 0 Å². The first kappa shape index (κ1) is 30.5. The van der Waals surface area contributed by atoms with Crippen molar-refractivity contribution in [2.24, 2.45) is 0 Å². The Kier molecular flexibility index (Phi) is 8.97. The van der Waals surface area contributed by atoms with Gasteiger partial charge in [-0.1, -0.05) is 29.3 Å². The minimum absolute atomic E-state index is 0. The molecule has 2 aliphatic heterocycles. The molecular formula is C31H34Cl2N4O4S. The second-order valence-electron chi connectivity index (χ2n) is 11.0. The van der Waals surface area contributed by atoms with Crippen LogP contribution in [0, 0.1) is 13.8 Å². The molecule has 2 amide bonds. The predicted octanol–water partition coefficient (Wildman–Crippen LogP) is 4.76. The summed E-state index contributed by atoms with van der Waals surface area (Å²) in [5, 5.41) is 3.85. The number of carbonyl (C=O) groups excluding carboxylic acids is 2. The van der Waals surface area contributed by atoms with Crippen LogP contribution in [-0.4, -0.2) is 68.5 Å². The average molecular weight is 630 g/mol. The van der Waals surface area contributed by atoms with Gasteiger partial charge in [-0.15, -0.1) is 0 Å². The number of H-pyrrole nitrogens is 1. The van der Waals surface area contributed by atoms with Crippen LogP contribution in [0.3, 0.4) is 0 Å². The van der Waals surface area contributed by atoms with Gasteiger partial charge in [-0.2, -0.15) is 0 Å². The zero-order valence-electron chi connectivity index (χ0n) is 23.6. The van der Waals surface area contributed by atoms with Crippen molar-refractivity contribution in [2.45, 2.75) is 49.8 Å². The number of aryl methyl sites for hydroxylation is 1. The molecule has 3 heterocycles. The first-order chi connectivity index (χ1) is 19.7. The van der Waals surface area contributed by atoms with E-state index >= 15 is 0 Å².